The van der Waals surface area contributed by atoms with Gasteiger partial charge in [-0.05, 0) is 28.3 Å². The highest BCUT2D eigenvalue weighted by molar-refractivity contribution is 7.27. The summed E-state index contributed by atoms with van der Waals surface area (Å²) in [5, 5.41) is 8.74. The second kappa shape index (κ2) is 4.45. The molecule has 1 heterocycles. The first-order valence-corrected chi connectivity index (χ1v) is 8.43. The summed E-state index contributed by atoms with van der Waals surface area (Å²) in [4.78, 5) is 0. The van der Waals surface area contributed by atoms with Gasteiger partial charge in [-0.3, -0.25) is 0 Å². The van der Waals surface area contributed by atoms with Crippen LogP contribution in [-0.4, -0.2) is 0 Å². The van der Waals surface area contributed by atoms with Gasteiger partial charge in [-0.1, -0.05) is 66.2 Å². The Hall–Kier alpha value is -2.09. The van der Waals surface area contributed by atoms with Gasteiger partial charge in [0.25, 0.3) is 0 Å². The van der Waals surface area contributed by atoms with Gasteiger partial charge in [-0.15, -0.1) is 11.3 Å². The van der Waals surface area contributed by atoms with Crippen LogP contribution in [-0.2, 0) is 0 Å². The lowest BCUT2D eigenvalue weighted by atomic mass is 9.97. The first-order valence-electron chi connectivity index (χ1n) is 7.24. The fraction of sp³-hybridized carbons (Fsp3) is 0. The molecule has 0 aliphatic rings. The van der Waals surface area contributed by atoms with Crippen molar-refractivity contribution >= 4 is 64.7 Å². The van der Waals surface area contributed by atoms with Gasteiger partial charge in [0.1, 0.15) is 0 Å². The first kappa shape index (κ1) is 12.5. The van der Waals surface area contributed by atoms with Crippen LogP contribution in [0.2, 0.25) is 5.02 Å². The SMILES string of the molecule is Clc1ccc2c(c1)sc1c3ccccc3c3ccccc3c21. The van der Waals surface area contributed by atoms with E-state index in [0.717, 1.165) is 5.02 Å². The van der Waals surface area contributed by atoms with Gasteiger partial charge >= 0.3 is 0 Å². The number of halogens is 1. The molecule has 0 atom stereocenters. The van der Waals surface area contributed by atoms with E-state index < -0.39 is 0 Å². The van der Waals surface area contributed by atoms with E-state index >= 15 is 0 Å². The van der Waals surface area contributed by atoms with Crippen LogP contribution in [0.25, 0.3) is 41.7 Å². The van der Waals surface area contributed by atoms with E-state index in [1.165, 1.54) is 41.7 Å². The Balaban J connectivity index is 2.21. The molecule has 5 rings (SSSR count). The second-order valence-electron chi connectivity index (χ2n) is 5.54. The Morgan fingerprint density at radius 2 is 1.27 bits per heavy atom. The Morgan fingerprint density at radius 1 is 0.636 bits per heavy atom. The summed E-state index contributed by atoms with van der Waals surface area (Å²) in [5.74, 6) is 0. The summed E-state index contributed by atoms with van der Waals surface area (Å²) in [6.07, 6.45) is 0. The van der Waals surface area contributed by atoms with Crippen LogP contribution in [0.5, 0.6) is 0 Å². The molecule has 2 heteroatoms. The molecule has 4 aromatic carbocycles. The van der Waals surface area contributed by atoms with Crippen molar-refractivity contribution in [1.82, 2.24) is 0 Å². The number of thiophene rings is 1. The van der Waals surface area contributed by atoms with Crippen molar-refractivity contribution in [2.24, 2.45) is 0 Å². The summed E-state index contributed by atoms with van der Waals surface area (Å²) < 4.78 is 2.61. The lowest BCUT2D eigenvalue weighted by molar-refractivity contribution is 1.81. The van der Waals surface area contributed by atoms with Gasteiger partial charge in [-0.25, -0.2) is 0 Å². The Labute approximate surface area is 136 Å². The summed E-state index contributed by atoms with van der Waals surface area (Å²) in [7, 11) is 0. The lowest BCUT2D eigenvalue weighted by Crippen LogP contribution is -1.79. The topological polar surface area (TPSA) is 0 Å². The molecule has 104 valence electrons. The Bertz CT molecular complexity index is 1180. The average molecular weight is 319 g/mol. The molecule has 0 aliphatic heterocycles. The molecule has 0 aliphatic carbocycles. The molecule has 1 aromatic heterocycles. The van der Waals surface area contributed by atoms with Crippen molar-refractivity contribution in [2.75, 3.05) is 0 Å². The molecular formula is C20H11ClS. The number of fused-ring (bicyclic) bond motifs is 8. The zero-order valence-electron chi connectivity index (χ0n) is 11.6. The normalized spacial score (nSPS) is 11.9. The molecular weight excluding hydrogens is 308 g/mol. The van der Waals surface area contributed by atoms with Gasteiger partial charge in [0.05, 0.1) is 0 Å². The van der Waals surface area contributed by atoms with Gasteiger partial charge in [0.15, 0.2) is 0 Å². The molecule has 0 fully saturated rings. The standard InChI is InChI=1S/C20H11ClS/c21-12-9-10-17-18(11-12)22-20-16-8-4-2-6-14(16)13-5-1-3-7-15(13)19(17)20/h1-11H. The van der Waals surface area contributed by atoms with Crippen molar-refractivity contribution < 1.29 is 0 Å². The van der Waals surface area contributed by atoms with Crippen molar-refractivity contribution in [2.45, 2.75) is 0 Å². The van der Waals surface area contributed by atoms with Crippen molar-refractivity contribution in [3.63, 3.8) is 0 Å². The summed E-state index contributed by atoms with van der Waals surface area (Å²) in [6, 6.07) is 23.6. The zero-order chi connectivity index (χ0) is 14.7. The summed E-state index contributed by atoms with van der Waals surface area (Å²) in [5.41, 5.74) is 0. The molecule has 0 saturated carbocycles. The van der Waals surface area contributed by atoms with E-state index in [0.29, 0.717) is 0 Å². The van der Waals surface area contributed by atoms with Crippen LogP contribution in [0.15, 0.2) is 66.7 Å². The molecule has 5 aromatic rings. The number of hydrogen-bond acceptors (Lipinski definition) is 1. The minimum absolute atomic E-state index is 0.799. The van der Waals surface area contributed by atoms with Crippen molar-refractivity contribution in [3.8, 4) is 0 Å². The van der Waals surface area contributed by atoms with Crippen LogP contribution < -0.4 is 0 Å². The van der Waals surface area contributed by atoms with E-state index in [1.54, 1.807) is 0 Å². The molecule has 0 unspecified atom stereocenters. The fourth-order valence-corrected chi connectivity index (χ4v) is 4.91. The zero-order valence-corrected chi connectivity index (χ0v) is 13.2. The van der Waals surface area contributed by atoms with Crippen LogP contribution in [0, 0.1) is 0 Å². The summed E-state index contributed by atoms with van der Waals surface area (Å²) in [6.45, 7) is 0. The smallest absolute Gasteiger partial charge is 0.0440 e. The number of rotatable bonds is 0. The number of hydrogen-bond donors (Lipinski definition) is 0. The largest absolute Gasteiger partial charge is 0.134 e. The fourth-order valence-electron chi connectivity index (χ4n) is 3.38. The minimum atomic E-state index is 0.799. The van der Waals surface area contributed by atoms with E-state index in [2.05, 4.69) is 60.7 Å². The van der Waals surface area contributed by atoms with E-state index in [9.17, 15) is 0 Å². The third kappa shape index (κ3) is 1.58. The maximum Gasteiger partial charge on any atom is 0.0440 e. The number of benzene rings is 4. The van der Waals surface area contributed by atoms with Crippen molar-refractivity contribution in [3.05, 3.63) is 71.8 Å². The molecule has 22 heavy (non-hydrogen) atoms. The highest BCUT2D eigenvalue weighted by atomic mass is 35.5. The van der Waals surface area contributed by atoms with Crippen LogP contribution in [0.1, 0.15) is 0 Å². The predicted molar refractivity (Wildman–Crippen MR) is 99.4 cm³/mol. The Morgan fingerprint density at radius 3 is 2.05 bits per heavy atom. The van der Waals surface area contributed by atoms with Gasteiger partial charge in [0, 0.05) is 30.6 Å². The maximum atomic E-state index is 6.19. The molecule has 0 N–H and O–H groups in total. The lowest BCUT2D eigenvalue weighted by Gasteiger charge is -2.06. The quantitative estimate of drug-likeness (QED) is 0.269. The maximum absolute atomic E-state index is 6.19. The molecule has 0 radical (unpaired) electrons. The first-order chi connectivity index (χ1) is 10.8. The highest BCUT2D eigenvalue weighted by Crippen LogP contribution is 2.44. The van der Waals surface area contributed by atoms with Gasteiger partial charge in [0.2, 0.25) is 0 Å². The van der Waals surface area contributed by atoms with Crippen LogP contribution in [0.3, 0.4) is 0 Å². The van der Waals surface area contributed by atoms with Crippen LogP contribution >= 0.6 is 22.9 Å². The highest BCUT2D eigenvalue weighted by Gasteiger charge is 2.13. The molecule has 0 amide bonds. The third-order valence-electron chi connectivity index (χ3n) is 4.31. The molecule has 0 spiro atoms. The van der Waals surface area contributed by atoms with E-state index in [-0.39, 0.29) is 0 Å². The van der Waals surface area contributed by atoms with Gasteiger partial charge in [-0.2, -0.15) is 0 Å². The van der Waals surface area contributed by atoms with Crippen molar-refractivity contribution in [1.29, 1.82) is 0 Å². The Kier molecular flexibility index (Phi) is 2.52. The summed E-state index contributed by atoms with van der Waals surface area (Å²) >= 11 is 8.03. The molecule has 0 saturated heterocycles. The molecule has 0 bridgehead atoms. The third-order valence-corrected chi connectivity index (χ3v) is 5.73. The van der Waals surface area contributed by atoms with Crippen LogP contribution in [0.4, 0.5) is 0 Å². The second-order valence-corrected chi connectivity index (χ2v) is 7.03. The van der Waals surface area contributed by atoms with E-state index in [1.807, 2.05) is 17.4 Å². The monoisotopic (exact) mass is 318 g/mol. The van der Waals surface area contributed by atoms with E-state index in [4.69, 9.17) is 11.6 Å². The minimum Gasteiger partial charge on any atom is -0.134 e. The van der Waals surface area contributed by atoms with Gasteiger partial charge < -0.3 is 0 Å². The molecule has 0 nitrogen and oxygen atoms in total. The average Bonchev–Trinajstić information content (AvgIpc) is 2.94. The predicted octanol–water partition coefficient (Wildman–Crippen LogP) is 7.01.